The molecule has 9 nitrogen and oxygen atoms in total. The number of carbonyl (C=O) groups excluding carboxylic acids is 1. The van der Waals surface area contributed by atoms with Gasteiger partial charge in [-0.05, 0) is 43.0 Å². The van der Waals surface area contributed by atoms with Crippen molar-refractivity contribution in [3.05, 3.63) is 23.8 Å². The highest BCUT2D eigenvalue weighted by atomic mass is 32.2. The second-order valence-electron chi connectivity index (χ2n) is 8.06. The Hall–Kier alpha value is -2.30. The summed E-state index contributed by atoms with van der Waals surface area (Å²) in [6, 6.07) is 3.39. The Balaban J connectivity index is 2.87. The summed E-state index contributed by atoms with van der Waals surface area (Å²) in [5.74, 6) is 1.08. The highest BCUT2D eigenvalue weighted by molar-refractivity contribution is 7.89. The molecule has 1 aromatic carbocycles. The molecule has 0 fully saturated rings. The molecule has 200 valence electrons. The molecule has 0 spiro atoms. The zero-order chi connectivity index (χ0) is 26.3. The SMILES string of the molecule is CCCCC(CC)COCC(CNS(=O)(=O)CC)OC(=O)/C=C/c1cc(OC)c(OC)c(OC)c1. The average Bonchev–Trinajstić information content (AvgIpc) is 2.86. The lowest BCUT2D eigenvalue weighted by molar-refractivity contribution is -0.145. The van der Waals surface area contributed by atoms with Crippen molar-refractivity contribution in [2.75, 3.05) is 46.8 Å². The highest BCUT2D eigenvalue weighted by Crippen LogP contribution is 2.38. The van der Waals surface area contributed by atoms with E-state index in [4.69, 9.17) is 23.7 Å². The average molecular weight is 516 g/mol. The van der Waals surface area contributed by atoms with Gasteiger partial charge >= 0.3 is 5.97 Å². The first-order chi connectivity index (χ1) is 16.7. The Morgan fingerprint density at radius 3 is 2.20 bits per heavy atom. The second kappa shape index (κ2) is 16.4. The zero-order valence-corrected chi connectivity index (χ0v) is 22.6. The number of hydrogen-bond donors (Lipinski definition) is 1. The summed E-state index contributed by atoms with van der Waals surface area (Å²) in [6.45, 7) is 6.37. The van der Waals surface area contributed by atoms with Crippen molar-refractivity contribution in [2.24, 2.45) is 5.92 Å². The van der Waals surface area contributed by atoms with E-state index in [2.05, 4.69) is 18.6 Å². The van der Waals surface area contributed by atoms with Crippen LogP contribution in [0.4, 0.5) is 0 Å². The lowest BCUT2D eigenvalue weighted by Gasteiger charge is -2.20. The maximum absolute atomic E-state index is 12.5. The zero-order valence-electron chi connectivity index (χ0n) is 21.8. The molecule has 0 aliphatic heterocycles. The monoisotopic (exact) mass is 515 g/mol. The van der Waals surface area contributed by atoms with Gasteiger partial charge in [0.1, 0.15) is 6.10 Å². The fourth-order valence-electron chi connectivity index (χ4n) is 3.29. The number of hydrogen-bond acceptors (Lipinski definition) is 8. The third-order valence-electron chi connectivity index (χ3n) is 5.49. The standard InChI is InChI=1S/C25H41NO8S/c1-7-10-11-19(8-2)17-33-18-21(16-26-35(28,29)9-3)34-24(27)13-12-20-14-22(30-4)25(32-6)23(15-20)31-5/h12-15,19,21,26H,7-11,16-18H2,1-6H3/b13-12+. The third kappa shape index (κ3) is 11.3. The molecule has 35 heavy (non-hydrogen) atoms. The van der Waals surface area contributed by atoms with Gasteiger partial charge < -0.3 is 23.7 Å². The van der Waals surface area contributed by atoms with E-state index in [0.29, 0.717) is 35.3 Å². The van der Waals surface area contributed by atoms with Gasteiger partial charge in [-0.1, -0.05) is 33.1 Å². The van der Waals surface area contributed by atoms with Crippen LogP contribution in [-0.4, -0.2) is 67.3 Å². The molecule has 0 saturated heterocycles. The normalized spacial score (nSPS) is 13.4. The minimum absolute atomic E-state index is 0.0638. The van der Waals surface area contributed by atoms with E-state index < -0.39 is 22.1 Å². The number of carbonyl (C=O) groups is 1. The minimum atomic E-state index is -3.44. The summed E-state index contributed by atoms with van der Waals surface area (Å²) in [5, 5.41) is 0. The first-order valence-electron chi connectivity index (χ1n) is 12.0. The van der Waals surface area contributed by atoms with Crippen LogP contribution in [0.25, 0.3) is 6.08 Å². The second-order valence-corrected chi connectivity index (χ2v) is 10.2. The van der Waals surface area contributed by atoms with Gasteiger partial charge in [-0.25, -0.2) is 17.9 Å². The molecule has 2 atom stereocenters. The van der Waals surface area contributed by atoms with Crippen molar-refractivity contribution in [2.45, 2.75) is 52.6 Å². The number of benzene rings is 1. The van der Waals surface area contributed by atoms with Crippen molar-refractivity contribution >= 4 is 22.1 Å². The molecule has 1 rings (SSSR count). The van der Waals surface area contributed by atoms with Crippen molar-refractivity contribution in [3.63, 3.8) is 0 Å². The maximum atomic E-state index is 12.5. The molecule has 0 radical (unpaired) electrons. The minimum Gasteiger partial charge on any atom is -0.493 e. The number of nitrogens with one attached hydrogen (secondary N) is 1. The maximum Gasteiger partial charge on any atom is 0.331 e. The van der Waals surface area contributed by atoms with Gasteiger partial charge in [0, 0.05) is 19.2 Å². The van der Waals surface area contributed by atoms with Crippen molar-refractivity contribution in [1.29, 1.82) is 0 Å². The molecule has 2 unspecified atom stereocenters. The Bertz CT molecular complexity index is 876. The fourth-order valence-corrected chi connectivity index (χ4v) is 3.93. The Morgan fingerprint density at radius 2 is 1.69 bits per heavy atom. The smallest absolute Gasteiger partial charge is 0.331 e. The van der Waals surface area contributed by atoms with Crippen LogP contribution < -0.4 is 18.9 Å². The van der Waals surface area contributed by atoms with Crippen molar-refractivity contribution < 1.29 is 36.9 Å². The third-order valence-corrected chi connectivity index (χ3v) is 6.86. The first kappa shape index (κ1) is 30.7. The van der Waals surface area contributed by atoms with Crippen LogP contribution in [0, 0.1) is 5.92 Å². The Labute approximate surface area is 210 Å². The molecule has 0 aliphatic carbocycles. The van der Waals surface area contributed by atoms with Gasteiger partial charge in [-0.2, -0.15) is 0 Å². The van der Waals surface area contributed by atoms with Gasteiger partial charge in [0.2, 0.25) is 15.8 Å². The van der Waals surface area contributed by atoms with E-state index in [1.54, 1.807) is 25.1 Å². The van der Waals surface area contributed by atoms with Crippen LogP contribution in [0.5, 0.6) is 17.2 Å². The number of sulfonamides is 1. The Kier molecular flexibility index (Phi) is 14.4. The van der Waals surface area contributed by atoms with E-state index >= 15 is 0 Å². The van der Waals surface area contributed by atoms with Gasteiger partial charge in [0.15, 0.2) is 11.5 Å². The molecule has 0 saturated carbocycles. The molecular formula is C25H41NO8S. The van der Waals surface area contributed by atoms with Crippen molar-refractivity contribution in [3.8, 4) is 17.2 Å². The van der Waals surface area contributed by atoms with Crippen molar-refractivity contribution in [1.82, 2.24) is 4.72 Å². The van der Waals surface area contributed by atoms with Crippen LogP contribution >= 0.6 is 0 Å². The predicted octanol–water partition coefficient (Wildman–Crippen LogP) is 3.81. The molecule has 0 aliphatic rings. The van der Waals surface area contributed by atoms with E-state index in [1.165, 1.54) is 27.4 Å². The fraction of sp³-hybridized carbons (Fsp3) is 0.640. The molecular weight excluding hydrogens is 474 g/mol. The van der Waals surface area contributed by atoms with E-state index in [9.17, 15) is 13.2 Å². The Morgan fingerprint density at radius 1 is 1.03 bits per heavy atom. The number of ether oxygens (including phenoxy) is 5. The molecule has 0 bridgehead atoms. The number of methoxy groups -OCH3 is 3. The number of esters is 1. The molecule has 0 amide bonds. The number of unbranched alkanes of at least 4 members (excludes halogenated alkanes) is 1. The summed E-state index contributed by atoms with van der Waals surface area (Å²) in [5.41, 5.74) is 0.637. The van der Waals surface area contributed by atoms with Gasteiger partial charge in [-0.3, -0.25) is 0 Å². The lowest BCUT2D eigenvalue weighted by atomic mass is 10.0. The summed E-state index contributed by atoms with van der Waals surface area (Å²) < 4.78 is 53.5. The van der Waals surface area contributed by atoms with Crippen LogP contribution in [0.3, 0.4) is 0 Å². The van der Waals surface area contributed by atoms with Gasteiger partial charge in [0.25, 0.3) is 0 Å². The van der Waals surface area contributed by atoms with E-state index in [1.807, 2.05) is 0 Å². The van der Waals surface area contributed by atoms with Gasteiger partial charge in [-0.15, -0.1) is 0 Å². The first-order valence-corrected chi connectivity index (χ1v) is 13.6. The summed E-state index contributed by atoms with van der Waals surface area (Å²) in [7, 11) is 1.08. The highest BCUT2D eigenvalue weighted by Gasteiger charge is 2.18. The lowest BCUT2D eigenvalue weighted by Crippen LogP contribution is -2.38. The molecule has 10 heteroatoms. The van der Waals surface area contributed by atoms with E-state index in [-0.39, 0.29) is 18.9 Å². The quantitative estimate of drug-likeness (QED) is 0.232. The summed E-state index contributed by atoms with van der Waals surface area (Å²) in [6.07, 6.45) is 6.35. The van der Waals surface area contributed by atoms with Crippen LogP contribution in [0.1, 0.15) is 52.0 Å². The van der Waals surface area contributed by atoms with E-state index in [0.717, 1.165) is 25.7 Å². The summed E-state index contributed by atoms with van der Waals surface area (Å²) >= 11 is 0. The van der Waals surface area contributed by atoms with Gasteiger partial charge in [0.05, 0.1) is 33.7 Å². The van der Waals surface area contributed by atoms with Crippen LogP contribution in [0.15, 0.2) is 18.2 Å². The molecule has 1 N–H and O–H groups in total. The topological polar surface area (TPSA) is 109 Å². The molecule has 0 heterocycles. The number of rotatable bonds is 18. The molecule has 0 aromatic heterocycles. The van der Waals surface area contributed by atoms with Crippen LogP contribution in [0.2, 0.25) is 0 Å². The largest absolute Gasteiger partial charge is 0.493 e. The predicted molar refractivity (Wildman–Crippen MR) is 137 cm³/mol. The summed E-state index contributed by atoms with van der Waals surface area (Å²) in [4.78, 5) is 12.5. The van der Waals surface area contributed by atoms with Crippen LogP contribution in [-0.2, 0) is 24.3 Å². The molecule has 1 aromatic rings.